The molecule has 0 saturated heterocycles. The third-order valence-electron chi connectivity index (χ3n) is 4.97. The summed E-state index contributed by atoms with van der Waals surface area (Å²) in [7, 11) is 0. The van der Waals surface area contributed by atoms with E-state index in [0.29, 0.717) is 20.5 Å². The Morgan fingerprint density at radius 3 is 2.53 bits per heavy atom. The van der Waals surface area contributed by atoms with Gasteiger partial charge < -0.3 is 0 Å². The van der Waals surface area contributed by atoms with E-state index in [1.807, 2.05) is 0 Å². The first-order valence-electron chi connectivity index (χ1n) is 9.37. The Hall–Kier alpha value is -2.20. The molecule has 9 heteroatoms. The molecule has 0 saturated carbocycles. The number of nitrogens with zero attached hydrogens (tertiary/aromatic N) is 1. The molecule has 0 fully saturated rings. The standard InChI is InChI=1S/C21H19FNO6.Sn/c1-21(2,3)29-20(26)23-13-8-27-10-15(24)17(13)16(11-4-6-12(22)7-5-11)18-14(23)9-28-19(18)25;/h4-6,16H,8-10H2,1-3H3;/t16-;/m1./s1. The Kier molecular flexibility index (Phi) is 5.25. The molecule has 0 aromatic heterocycles. The molecule has 155 valence electrons. The second-order valence-corrected chi connectivity index (χ2v) is 9.74. The third kappa shape index (κ3) is 3.56. The number of amides is 1. The van der Waals surface area contributed by atoms with Crippen molar-refractivity contribution in [1.82, 2.24) is 4.90 Å². The Labute approximate surface area is 185 Å². The first-order chi connectivity index (χ1) is 14.1. The van der Waals surface area contributed by atoms with E-state index in [0.717, 1.165) is 22.5 Å². The van der Waals surface area contributed by atoms with Gasteiger partial charge in [0.1, 0.15) is 0 Å². The topological polar surface area (TPSA) is 82.1 Å². The maximum atomic E-state index is 13.9. The van der Waals surface area contributed by atoms with E-state index in [2.05, 4.69) is 0 Å². The summed E-state index contributed by atoms with van der Waals surface area (Å²) in [6, 6.07) is 4.52. The fraction of sp³-hybridized carbons (Fsp3) is 0.381. The monoisotopic (exact) mass is 520 g/mol. The van der Waals surface area contributed by atoms with Gasteiger partial charge in [-0.15, -0.1) is 0 Å². The van der Waals surface area contributed by atoms with Gasteiger partial charge in [-0.3, -0.25) is 0 Å². The number of cyclic esters (lactones) is 1. The van der Waals surface area contributed by atoms with E-state index in [4.69, 9.17) is 14.2 Å². The zero-order valence-electron chi connectivity index (χ0n) is 16.7. The number of halogens is 1. The molecule has 0 bridgehead atoms. The van der Waals surface area contributed by atoms with Crippen LogP contribution in [0.3, 0.4) is 0 Å². The van der Waals surface area contributed by atoms with Crippen LogP contribution >= 0.6 is 0 Å². The number of carbonyl (C=O) groups excluding carboxylic acids is 3. The van der Waals surface area contributed by atoms with Crippen molar-refractivity contribution in [1.29, 1.82) is 0 Å². The summed E-state index contributed by atoms with van der Waals surface area (Å²) in [6.45, 7) is 4.90. The number of esters is 1. The summed E-state index contributed by atoms with van der Waals surface area (Å²) in [5, 5.41) is 0. The number of ketones is 1. The quantitative estimate of drug-likeness (QED) is 0.415. The van der Waals surface area contributed by atoms with Crippen LogP contribution in [0, 0.1) is 5.82 Å². The number of benzene rings is 1. The van der Waals surface area contributed by atoms with Crippen molar-refractivity contribution in [3.8, 4) is 0 Å². The van der Waals surface area contributed by atoms with Crippen LogP contribution in [0.4, 0.5) is 9.18 Å². The third-order valence-corrected chi connectivity index (χ3v) is 6.06. The van der Waals surface area contributed by atoms with Crippen molar-refractivity contribution in [3.63, 3.8) is 0 Å². The van der Waals surface area contributed by atoms with Crippen LogP contribution in [-0.4, -0.2) is 70.7 Å². The molecule has 3 aliphatic heterocycles. The molecule has 0 unspecified atom stereocenters. The van der Waals surface area contributed by atoms with E-state index >= 15 is 0 Å². The summed E-state index contributed by atoms with van der Waals surface area (Å²) in [5.74, 6) is -2.04. The van der Waals surface area contributed by atoms with Gasteiger partial charge in [0.15, 0.2) is 0 Å². The molecule has 4 rings (SSSR count). The average molecular weight is 519 g/mol. The second-order valence-electron chi connectivity index (χ2n) is 8.20. The molecule has 1 aromatic rings. The van der Waals surface area contributed by atoms with E-state index in [1.165, 1.54) is 11.0 Å². The first-order valence-corrected chi connectivity index (χ1v) is 10.8. The molecule has 3 radical (unpaired) electrons. The molecule has 0 N–H and O–H groups in total. The number of hydrogen-bond acceptors (Lipinski definition) is 6. The van der Waals surface area contributed by atoms with Gasteiger partial charge >= 0.3 is 186 Å². The van der Waals surface area contributed by atoms with Crippen LogP contribution in [0.25, 0.3) is 0 Å². The van der Waals surface area contributed by atoms with Crippen molar-refractivity contribution < 1.29 is 33.0 Å². The van der Waals surface area contributed by atoms with Gasteiger partial charge in [-0.25, -0.2) is 0 Å². The number of rotatable bonds is 1. The molecule has 1 amide bonds. The van der Waals surface area contributed by atoms with Crippen molar-refractivity contribution in [3.05, 3.63) is 52.1 Å². The fourth-order valence-electron chi connectivity index (χ4n) is 3.84. The summed E-state index contributed by atoms with van der Waals surface area (Å²) in [4.78, 5) is 39.8. The predicted octanol–water partition coefficient (Wildman–Crippen LogP) is 1.62. The van der Waals surface area contributed by atoms with Gasteiger partial charge in [0.05, 0.1) is 0 Å². The molecule has 0 spiro atoms. The molecule has 3 aliphatic rings. The van der Waals surface area contributed by atoms with E-state index in [9.17, 15) is 18.8 Å². The van der Waals surface area contributed by atoms with Crippen LogP contribution in [0.5, 0.6) is 0 Å². The molecular formula is C21H19FNO6Sn. The number of carbonyl (C=O) groups is 3. The summed E-state index contributed by atoms with van der Waals surface area (Å²) in [5.41, 5.74) is 0.961. The molecule has 0 aliphatic carbocycles. The van der Waals surface area contributed by atoms with Crippen molar-refractivity contribution >= 4 is 44.0 Å². The molecule has 7 nitrogen and oxygen atoms in total. The van der Waals surface area contributed by atoms with Crippen molar-refractivity contribution in [2.45, 2.75) is 32.3 Å². The van der Waals surface area contributed by atoms with Gasteiger partial charge in [-0.05, 0) is 0 Å². The number of ether oxygens (including phenoxy) is 3. The van der Waals surface area contributed by atoms with Crippen LogP contribution in [0.15, 0.2) is 40.7 Å². The fourth-order valence-corrected chi connectivity index (χ4v) is 4.55. The second kappa shape index (κ2) is 7.49. The van der Waals surface area contributed by atoms with Crippen LogP contribution < -0.4 is 3.58 Å². The molecule has 3 heterocycles. The summed E-state index contributed by atoms with van der Waals surface area (Å²) >= 11 is 0.868. The van der Waals surface area contributed by atoms with Crippen LogP contribution in [0.1, 0.15) is 32.3 Å². The van der Waals surface area contributed by atoms with E-state index in [-0.39, 0.29) is 42.6 Å². The Morgan fingerprint density at radius 2 is 1.87 bits per heavy atom. The minimum absolute atomic E-state index is 0.00757. The normalized spacial score (nSPS) is 21.5. The molecule has 1 atom stereocenters. The van der Waals surface area contributed by atoms with Crippen LogP contribution in [0.2, 0.25) is 0 Å². The Balaban J connectivity index is 1.92. The summed E-state index contributed by atoms with van der Waals surface area (Å²) in [6.07, 6.45) is -0.711. The number of Topliss-reactive ketones (excluding diaryl/α,β-unsaturated/α-hetero) is 1. The van der Waals surface area contributed by atoms with Gasteiger partial charge in [0.2, 0.25) is 0 Å². The first kappa shape index (κ1) is 21.0. The Morgan fingerprint density at radius 1 is 1.17 bits per heavy atom. The van der Waals surface area contributed by atoms with Gasteiger partial charge in [-0.1, -0.05) is 0 Å². The molecule has 1 aromatic carbocycles. The van der Waals surface area contributed by atoms with Gasteiger partial charge in [0.25, 0.3) is 0 Å². The average Bonchev–Trinajstić information content (AvgIpc) is 3.02. The maximum absolute atomic E-state index is 13.9. The molecular weight excluding hydrogens is 500 g/mol. The van der Waals surface area contributed by atoms with E-state index < -0.39 is 23.6 Å². The zero-order chi connectivity index (χ0) is 21.8. The molecule has 30 heavy (non-hydrogen) atoms. The van der Waals surface area contributed by atoms with Gasteiger partial charge in [-0.2, -0.15) is 0 Å². The van der Waals surface area contributed by atoms with E-state index in [1.54, 1.807) is 32.9 Å². The van der Waals surface area contributed by atoms with Gasteiger partial charge in [0, 0.05) is 0 Å². The minimum atomic E-state index is -0.782. The van der Waals surface area contributed by atoms with Crippen LogP contribution in [-0.2, 0) is 23.8 Å². The number of hydrogen-bond donors (Lipinski definition) is 0. The Bertz CT molecular complexity index is 1040. The van der Waals surface area contributed by atoms with Crippen molar-refractivity contribution in [2.24, 2.45) is 0 Å². The zero-order valence-corrected chi connectivity index (χ0v) is 19.6. The summed E-state index contributed by atoms with van der Waals surface area (Å²) < 4.78 is 30.5. The van der Waals surface area contributed by atoms with Crippen molar-refractivity contribution in [2.75, 3.05) is 19.8 Å². The SMILES string of the molecule is CC(C)(C)OC(=O)N1C2=C(C(=O)COC2)[C@@H](c2ccc(F)[c]([Sn])c2)C2=C1COC2=O. The predicted molar refractivity (Wildman–Crippen MR) is 103 cm³/mol.